The largest absolute Gasteiger partial charge is 0.299 e. The van der Waals surface area contributed by atoms with Crippen LogP contribution in [0.15, 0.2) is 30.3 Å². The predicted octanol–water partition coefficient (Wildman–Crippen LogP) is 2.62. The fraction of sp³-hybridized carbons (Fsp3) is 0.467. The lowest BCUT2D eigenvalue weighted by atomic mass is 9.79. The third-order valence-electron chi connectivity index (χ3n) is 3.37. The zero-order valence-electron chi connectivity index (χ0n) is 11.7. The minimum atomic E-state index is -0.919. The van der Waals surface area contributed by atoms with Crippen molar-refractivity contribution in [2.75, 3.05) is 6.54 Å². The van der Waals surface area contributed by atoms with Crippen molar-refractivity contribution in [3.8, 4) is 0 Å². The Balaban J connectivity index is 3.21. The summed E-state index contributed by atoms with van der Waals surface area (Å²) in [5.41, 5.74) is 0.665. The van der Waals surface area contributed by atoms with Gasteiger partial charge >= 0.3 is 0 Å². The predicted molar refractivity (Wildman–Crippen MR) is 75.1 cm³/mol. The molecule has 0 radical (unpaired) electrons. The van der Waals surface area contributed by atoms with Crippen LogP contribution in [-0.4, -0.2) is 23.0 Å². The summed E-state index contributed by atoms with van der Waals surface area (Å²) in [6.45, 7) is 2.94. The summed E-state index contributed by atoms with van der Waals surface area (Å²) in [7, 11) is 0. The molecule has 1 aromatic carbocycles. The number of carbonyl (C=O) groups is 2. The molecule has 0 aliphatic rings. The van der Waals surface area contributed by atoms with Crippen molar-refractivity contribution in [2.24, 2.45) is 5.92 Å². The molecular formula is C15H19NO4. The smallest absolute Gasteiger partial charge is 0.211 e. The summed E-state index contributed by atoms with van der Waals surface area (Å²) in [6, 6.07) is 8.77. The van der Waals surface area contributed by atoms with Crippen LogP contribution in [0.2, 0.25) is 0 Å². The Morgan fingerprint density at radius 1 is 1.10 bits per heavy atom. The molecule has 1 aromatic rings. The molecule has 5 nitrogen and oxygen atoms in total. The molecule has 1 atom stereocenters. The van der Waals surface area contributed by atoms with Gasteiger partial charge < -0.3 is 0 Å². The van der Waals surface area contributed by atoms with Gasteiger partial charge in [-0.3, -0.25) is 19.7 Å². The van der Waals surface area contributed by atoms with Crippen LogP contribution in [0.5, 0.6) is 0 Å². The normalized spacial score (nSPS) is 12.2. The van der Waals surface area contributed by atoms with Crippen LogP contribution < -0.4 is 0 Å². The van der Waals surface area contributed by atoms with Gasteiger partial charge in [0.1, 0.15) is 11.6 Å². The second-order valence-corrected chi connectivity index (χ2v) is 4.65. The van der Waals surface area contributed by atoms with E-state index in [1.54, 1.807) is 44.2 Å². The maximum absolute atomic E-state index is 12.1. The van der Waals surface area contributed by atoms with Crippen LogP contribution in [0.3, 0.4) is 0 Å². The summed E-state index contributed by atoms with van der Waals surface area (Å²) in [4.78, 5) is 34.6. The SMILES string of the molecule is CCC(=O)C(C(=O)CC)C(C[N+](=O)[O-])c1ccccc1. The molecule has 0 saturated carbocycles. The first-order chi connectivity index (χ1) is 9.51. The molecule has 1 rings (SSSR count). The van der Waals surface area contributed by atoms with Crippen LogP contribution >= 0.6 is 0 Å². The van der Waals surface area contributed by atoms with E-state index in [1.807, 2.05) is 0 Å². The van der Waals surface area contributed by atoms with E-state index in [4.69, 9.17) is 0 Å². The van der Waals surface area contributed by atoms with Crippen molar-refractivity contribution < 1.29 is 14.5 Å². The number of nitro groups is 1. The van der Waals surface area contributed by atoms with E-state index in [9.17, 15) is 19.7 Å². The lowest BCUT2D eigenvalue weighted by molar-refractivity contribution is -0.484. The lowest BCUT2D eigenvalue weighted by Crippen LogP contribution is -2.33. The molecule has 0 spiro atoms. The number of hydrogen-bond acceptors (Lipinski definition) is 4. The lowest BCUT2D eigenvalue weighted by Gasteiger charge is -2.22. The molecule has 0 saturated heterocycles. The molecule has 0 fully saturated rings. The zero-order chi connectivity index (χ0) is 15.1. The minimum Gasteiger partial charge on any atom is -0.299 e. The molecule has 0 aliphatic carbocycles. The monoisotopic (exact) mass is 277 g/mol. The highest BCUT2D eigenvalue weighted by molar-refractivity contribution is 6.03. The standard InChI is InChI=1S/C15H19NO4/c1-3-13(17)15(14(18)4-2)12(10-16(19)20)11-8-6-5-7-9-11/h5-9,12,15H,3-4,10H2,1-2H3. The van der Waals surface area contributed by atoms with Crippen molar-refractivity contribution in [2.45, 2.75) is 32.6 Å². The van der Waals surface area contributed by atoms with Gasteiger partial charge in [0.2, 0.25) is 6.54 Å². The molecule has 0 heterocycles. The molecule has 0 aromatic heterocycles. The fourth-order valence-electron chi connectivity index (χ4n) is 2.33. The maximum atomic E-state index is 12.1. The van der Waals surface area contributed by atoms with E-state index in [-0.39, 0.29) is 24.4 Å². The Morgan fingerprint density at radius 3 is 2.00 bits per heavy atom. The third-order valence-corrected chi connectivity index (χ3v) is 3.37. The molecule has 1 unspecified atom stereocenters. The van der Waals surface area contributed by atoms with Crippen molar-refractivity contribution >= 4 is 11.6 Å². The quantitative estimate of drug-likeness (QED) is 0.416. The fourth-order valence-corrected chi connectivity index (χ4v) is 2.33. The summed E-state index contributed by atoms with van der Waals surface area (Å²) in [6.07, 6.45) is 0.412. The highest BCUT2D eigenvalue weighted by atomic mass is 16.6. The number of rotatable bonds is 8. The van der Waals surface area contributed by atoms with E-state index in [0.717, 1.165) is 0 Å². The molecule has 108 valence electrons. The topological polar surface area (TPSA) is 77.3 Å². The summed E-state index contributed by atoms with van der Waals surface area (Å²) in [5, 5.41) is 10.9. The average Bonchev–Trinajstić information content (AvgIpc) is 2.46. The van der Waals surface area contributed by atoms with Crippen molar-refractivity contribution in [3.63, 3.8) is 0 Å². The van der Waals surface area contributed by atoms with Crippen LogP contribution in [-0.2, 0) is 9.59 Å². The van der Waals surface area contributed by atoms with Crippen LogP contribution in [0.4, 0.5) is 0 Å². The first-order valence-corrected chi connectivity index (χ1v) is 6.73. The molecule has 5 heteroatoms. The Morgan fingerprint density at radius 2 is 1.60 bits per heavy atom. The summed E-state index contributed by atoms with van der Waals surface area (Å²) in [5.74, 6) is -2.07. The van der Waals surface area contributed by atoms with Crippen molar-refractivity contribution in [1.29, 1.82) is 0 Å². The van der Waals surface area contributed by atoms with E-state index in [2.05, 4.69) is 0 Å². The van der Waals surface area contributed by atoms with Gasteiger partial charge in [0.05, 0.1) is 11.8 Å². The van der Waals surface area contributed by atoms with Gasteiger partial charge in [-0.2, -0.15) is 0 Å². The zero-order valence-corrected chi connectivity index (χ0v) is 11.7. The number of carbonyl (C=O) groups excluding carboxylic acids is 2. The molecule has 20 heavy (non-hydrogen) atoms. The highest BCUT2D eigenvalue weighted by Gasteiger charge is 2.36. The van der Waals surface area contributed by atoms with Gasteiger partial charge in [-0.15, -0.1) is 0 Å². The Hall–Kier alpha value is -2.04. The molecular weight excluding hydrogens is 258 g/mol. The van der Waals surface area contributed by atoms with Gasteiger partial charge in [-0.25, -0.2) is 0 Å². The van der Waals surface area contributed by atoms with Gasteiger partial charge in [0.15, 0.2) is 0 Å². The number of ketones is 2. The minimum absolute atomic E-state index is 0.206. The Kier molecular flexibility index (Phi) is 6.03. The third kappa shape index (κ3) is 3.98. The van der Waals surface area contributed by atoms with E-state index in [0.29, 0.717) is 5.56 Å². The Bertz CT molecular complexity index is 468. The van der Waals surface area contributed by atoms with Gasteiger partial charge in [-0.1, -0.05) is 44.2 Å². The first-order valence-electron chi connectivity index (χ1n) is 6.73. The first kappa shape index (κ1) is 16.0. The van der Waals surface area contributed by atoms with Crippen molar-refractivity contribution in [3.05, 3.63) is 46.0 Å². The second kappa shape index (κ2) is 7.53. The van der Waals surface area contributed by atoms with Crippen LogP contribution in [0.25, 0.3) is 0 Å². The van der Waals surface area contributed by atoms with Gasteiger partial charge in [-0.05, 0) is 5.56 Å². The highest BCUT2D eigenvalue weighted by Crippen LogP contribution is 2.28. The van der Waals surface area contributed by atoms with E-state index >= 15 is 0 Å². The average molecular weight is 277 g/mol. The molecule has 0 N–H and O–H groups in total. The molecule has 0 amide bonds. The second-order valence-electron chi connectivity index (χ2n) is 4.65. The van der Waals surface area contributed by atoms with E-state index < -0.39 is 23.3 Å². The van der Waals surface area contributed by atoms with E-state index in [1.165, 1.54) is 0 Å². The molecule has 0 bridgehead atoms. The number of Topliss-reactive ketones (excluding diaryl/α,β-unsaturated/α-hetero) is 2. The van der Waals surface area contributed by atoms with Crippen molar-refractivity contribution in [1.82, 2.24) is 0 Å². The summed E-state index contributed by atoms with van der Waals surface area (Å²) >= 11 is 0. The number of hydrogen-bond donors (Lipinski definition) is 0. The van der Waals surface area contributed by atoms with Gasteiger partial charge in [0.25, 0.3) is 0 Å². The summed E-state index contributed by atoms with van der Waals surface area (Å²) < 4.78 is 0. The Labute approximate surface area is 118 Å². The van der Waals surface area contributed by atoms with Crippen LogP contribution in [0, 0.1) is 16.0 Å². The number of benzene rings is 1. The molecule has 0 aliphatic heterocycles. The maximum Gasteiger partial charge on any atom is 0.211 e. The van der Waals surface area contributed by atoms with Crippen LogP contribution in [0.1, 0.15) is 38.2 Å². The van der Waals surface area contributed by atoms with Gasteiger partial charge in [0, 0.05) is 17.8 Å². The number of nitrogens with zero attached hydrogens (tertiary/aromatic N) is 1.